The minimum absolute atomic E-state index is 0.500. The molecule has 1 aliphatic rings. The second-order valence-corrected chi connectivity index (χ2v) is 5.26. The molecule has 1 N–H and O–H groups in total. The summed E-state index contributed by atoms with van der Waals surface area (Å²) in [6.07, 6.45) is 2.51. The lowest BCUT2D eigenvalue weighted by Crippen LogP contribution is -2.44. The van der Waals surface area contributed by atoms with Gasteiger partial charge >= 0.3 is 0 Å². The van der Waals surface area contributed by atoms with Crippen molar-refractivity contribution in [2.24, 2.45) is 0 Å². The van der Waals surface area contributed by atoms with Crippen LogP contribution in [-0.2, 0) is 6.42 Å². The van der Waals surface area contributed by atoms with Gasteiger partial charge in [0, 0.05) is 24.9 Å². The summed E-state index contributed by atoms with van der Waals surface area (Å²) >= 11 is 1.48. The Morgan fingerprint density at radius 2 is 2.20 bits per heavy atom. The molecule has 0 radical (unpaired) electrons. The van der Waals surface area contributed by atoms with Gasteiger partial charge in [0.15, 0.2) is 0 Å². The molecular formula is C11H18N2OS. The third-order valence-corrected chi connectivity index (χ3v) is 4.06. The molecule has 84 valence electrons. The Labute approximate surface area is 94.9 Å². The van der Waals surface area contributed by atoms with E-state index in [9.17, 15) is 5.11 Å². The number of hydrogen-bond acceptors (Lipinski definition) is 4. The molecule has 0 saturated carbocycles. The number of aromatic nitrogens is 1. The van der Waals surface area contributed by atoms with Crippen LogP contribution in [0.2, 0.25) is 0 Å². The Bertz CT molecular complexity index is 329. The predicted octanol–water partition coefficient (Wildman–Crippen LogP) is 1.45. The second kappa shape index (κ2) is 4.20. The molecule has 1 aromatic heterocycles. The maximum Gasteiger partial charge on any atom is 0.0713 e. The van der Waals surface area contributed by atoms with Crippen molar-refractivity contribution >= 4 is 11.5 Å². The van der Waals surface area contributed by atoms with E-state index in [4.69, 9.17) is 0 Å². The molecule has 3 nitrogen and oxygen atoms in total. The normalized spacial score (nSPS) is 21.8. The van der Waals surface area contributed by atoms with Crippen molar-refractivity contribution in [2.75, 3.05) is 20.1 Å². The number of rotatable bonds is 2. The molecule has 0 bridgehead atoms. The molecule has 1 fully saturated rings. The number of aryl methyl sites for hydroxylation is 1. The van der Waals surface area contributed by atoms with Gasteiger partial charge in [-0.1, -0.05) is 0 Å². The average Bonchev–Trinajstić information content (AvgIpc) is 2.58. The first kappa shape index (κ1) is 11.0. The monoisotopic (exact) mass is 226 g/mol. The topological polar surface area (TPSA) is 36.4 Å². The molecule has 0 amide bonds. The van der Waals surface area contributed by atoms with E-state index in [-0.39, 0.29) is 0 Å². The summed E-state index contributed by atoms with van der Waals surface area (Å²) < 4.78 is 4.25. The van der Waals surface area contributed by atoms with Gasteiger partial charge in [-0.25, -0.2) is 0 Å². The first-order valence-electron chi connectivity index (χ1n) is 5.40. The third kappa shape index (κ3) is 2.56. The molecule has 1 aliphatic heterocycles. The second-order valence-electron chi connectivity index (χ2n) is 4.63. The van der Waals surface area contributed by atoms with Crippen LogP contribution in [0.15, 0.2) is 5.38 Å². The van der Waals surface area contributed by atoms with Crippen molar-refractivity contribution in [3.63, 3.8) is 0 Å². The zero-order valence-corrected chi connectivity index (χ0v) is 10.2. The summed E-state index contributed by atoms with van der Waals surface area (Å²) in [5.74, 6) is 0. The van der Waals surface area contributed by atoms with E-state index in [1.54, 1.807) is 0 Å². The zero-order valence-electron chi connectivity index (χ0n) is 9.36. The van der Waals surface area contributed by atoms with E-state index in [2.05, 4.69) is 21.7 Å². The van der Waals surface area contributed by atoms with Crippen LogP contribution < -0.4 is 0 Å². The van der Waals surface area contributed by atoms with Gasteiger partial charge in [0.1, 0.15) is 0 Å². The highest BCUT2D eigenvalue weighted by Gasteiger charge is 2.31. The van der Waals surface area contributed by atoms with E-state index in [0.29, 0.717) is 0 Å². The molecule has 0 aromatic carbocycles. The Hall–Kier alpha value is -0.450. The van der Waals surface area contributed by atoms with Crippen molar-refractivity contribution in [1.29, 1.82) is 0 Å². The van der Waals surface area contributed by atoms with Crippen molar-refractivity contribution in [2.45, 2.75) is 31.8 Å². The lowest BCUT2D eigenvalue weighted by Gasteiger charge is -2.36. The van der Waals surface area contributed by atoms with Gasteiger partial charge in [-0.15, -0.1) is 0 Å². The summed E-state index contributed by atoms with van der Waals surface area (Å²) in [6, 6.07) is 0. The molecule has 15 heavy (non-hydrogen) atoms. The van der Waals surface area contributed by atoms with E-state index < -0.39 is 5.60 Å². The summed E-state index contributed by atoms with van der Waals surface area (Å²) in [5, 5.41) is 12.5. The Balaban J connectivity index is 2.02. The first-order valence-corrected chi connectivity index (χ1v) is 6.23. The third-order valence-electron chi connectivity index (χ3n) is 3.29. The van der Waals surface area contributed by atoms with Crippen LogP contribution in [0, 0.1) is 6.92 Å². The quantitative estimate of drug-likeness (QED) is 0.829. The van der Waals surface area contributed by atoms with Gasteiger partial charge in [-0.05, 0) is 43.9 Å². The van der Waals surface area contributed by atoms with Crippen LogP contribution in [0.5, 0.6) is 0 Å². The molecule has 1 saturated heterocycles. The molecule has 0 aliphatic carbocycles. The van der Waals surface area contributed by atoms with Crippen LogP contribution in [0.3, 0.4) is 0 Å². The SMILES string of the molecule is Cc1nscc1CC1(O)CCN(C)CC1. The summed E-state index contributed by atoms with van der Waals surface area (Å²) in [6.45, 7) is 4.00. The number of likely N-dealkylation sites (tertiary alicyclic amines) is 1. The van der Waals surface area contributed by atoms with Gasteiger partial charge in [-0.2, -0.15) is 4.37 Å². The number of nitrogens with zero attached hydrogens (tertiary/aromatic N) is 2. The molecule has 2 rings (SSSR count). The maximum atomic E-state index is 10.4. The molecule has 0 atom stereocenters. The number of piperidine rings is 1. The maximum absolute atomic E-state index is 10.4. The fourth-order valence-corrected chi connectivity index (χ4v) is 2.76. The van der Waals surface area contributed by atoms with Crippen molar-refractivity contribution < 1.29 is 5.11 Å². The number of hydrogen-bond donors (Lipinski definition) is 1. The van der Waals surface area contributed by atoms with Crippen LogP contribution in [-0.4, -0.2) is 40.1 Å². The molecule has 0 spiro atoms. The van der Waals surface area contributed by atoms with E-state index >= 15 is 0 Å². The zero-order chi connectivity index (χ0) is 10.9. The summed E-state index contributed by atoms with van der Waals surface area (Å²) in [7, 11) is 2.11. The fourth-order valence-electron chi connectivity index (χ4n) is 2.05. The smallest absolute Gasteiger partial charge is 0.0713 e. The highest BCUT2D eigenvalue weighted by Crippen LogP contribution is 2.27. The van der Waals surface area contributed by atoms with E-state index in [0.717, 1.165) is 38.0 Å². The minimum Gasteiger partial charge on any atom is -0.389 e. The van der Waals surface area contributed by atoms with Crippen molar-refractivity contribution in [3.8, 4) is 0 Å². The van der Waals surface area contributed by atoms with Crippen LogP contribution in [0.4, 0.5) is 0 Å². The molecule has 2 heterocycles. The van der Waals surface area contributed by atoms with Gasteiger partial charge in [0.2, 0.25) is 0 Å². The van der Waals surface area contributed by atoms with E-state index in [1.165, 1.54) is 17.1 Å². The van der Waals surface area contributed by atoms with Gasteiger partial charge in [0.25, 0.3) is 0 Å². The lowest BCUT2D eigenvalue weighted by molar-refractivity contribution is -0.0151. The Kier molecular flexibility index (Phi) is 3.09. The van der Waals surface area contributed by atoms with Gasteiger partial charge < -0.3 is 10.0 Å². The van der Waals surface area contributed by atoms with Crippen molar-refractivity contribution in [3.05, 3.63) is 16.6 Å². The standard InChI is InChI=1S/C11H18N2OS/c1-9-10(8-15-12-9)7-11(14)3-5-13(2)6-4-11/h8,14H,3-7H2,1-2H3. The summed E-state index contributed by atoms with van der Waals surface area (Å²) in [5.41, 5.74) is 1.79. The Morgan fingerprint density at radius 1 is 1.53 bits per heavy atom. The Morgan fingerprint density at radius 3 is 2.73 bits per heavy atom. The number of aliphatic hydroxyl groups is 1. The molecule has 1 aromatic rings. The highest BCUT2D eigenvalue weighted by molar-refractivity contribution is 7.03. The van der Waals surface area contributed by atoms with Gasteiger partial charge in [0.05, 0.1) is 11.3 Å². The van der Waals surface area contributed by atoms with Crippen LogP contribution >= 0.6 is 11.5 Å². The largest absolute Gasteiger partial charge is 0.389 e. The highest BCUT2D eigenvalue weighted by atomic mass is 32.1. The van der Waals surface area contributed by atoms with Crippen LogP contribution in [0.1, 0.15) is 24.1 Å². The fraction of sp³-hybridized carbons (Fsp3) is 0.727. The average molecular weight is 226 g/mol. The summed E-state index contributed by atoms with van der Waals surface area (Å²) in [4.78, 5) is 2.27. The van der Waals surface area contributed by atoms with Gasteiger partial charge in [-0.3, -0.25) is 0 Å². The van der Waals surface area contributed by atoms with Crippen molar-refractivity contribution in [1.82, 2.24) is 9.27 Å². The molecule has 4 heteroatoms. The minimum atomic E-state index is -0.500. The van der Waals surface area contributed by atoms with Crippen LogP contribution in [0.25, 0.3) is 0 Å². The molecular weight excluding hydrogens is 208 g/mol. The lowest BCUT2D eigenvalue weighted by atomic mass is 9.86. The predicted molar refractivity (Wildman–Crippen MR) is 62.2 cm³/mol. The van der Waals surface area contributed by atoms with E-state index in [1.807, 2.05) is 6.92 Å². The first-order chi connectivity index (χ1) is 7.09. The molecule has 0 unspecified atom stereocenters.